The van der Waals surface area contributed by atoms with Crippen LogP contribution in [-0.4, -0.2) is 49.3 Å². The van der Waals surface area contributed by atoms with Crippen molar-refractivity contribution in [2.75, 3.05) is 26.4 Å². The van der Waals surface area contributed by atoms with E-state index in [0.717, 1.165) is 51.4 Å². The van der Waals surface area contributed by atoms with Crippen molar-refractivity contribution in [3.05, 3.63) is 60.8 Å². The molecule has 2 atom stereocenters. The van der Waals surface area contributed by atoms with Gasteiger partial charge >= 0.3 is 19.8 Å². The van der Waals surface area contributed by atoms with Gasteiger partial charge in [-0.1, -0.05) is 306 Å². The first kappa shape index (κ1) is 72.7. The van der Waals surface area contributed by atoms with Crippen LogP contribution in [0.1, 0.15) is 309 Å². The summed E-state index contributed by atoms with van der Waals surface area (Å²) in [5, 5.41) is 0. The summed E-state index contributed by atoms with van der Waals surface area (Å²) in [6, 6.07) is 0. The third-order valence-corrected chi connectivity index (χ3v) is 14.9. The van der Waals surface area contributed by atoms with Gasteiger partial charge in [0.05, 0.1) is 13.2 Å². The highest BCUT2D eigenvalue weighted by atomic mass is 31.2. The van der Waals surface area contributed by atoms with Crippen molar-refractivity contribution in [3.8, 4) is 0 Å². The molecule has 0 aromatic rings. The summed E-state index contributed by atoms with van der Waals surface area (Å²) in [6.07, 6.45) is 77.7. The predicted octanol–water partition coefficient (Wildman–Crippen LogP) is 20.3. The molecular weight excluding hydrogens is 954 g/mol. The summed E-state index contributed by atoms with van der Waals surface area (Å²) in [7, 11) is -4.40. The largest absolute Gasteiger partial charge is 0.472 e. The summed E-state index contributed by atoms with van der Waals surface area (Å²) >= 11 is 0. The van der Waals surface area contributed by atoms with Crippen molar-refractivity contribution in [1.29, 1.82) is 0 Å². The maximum atomic E-state index is 12.6. The minimum absolute atomic E-state index is 0.0433. The smallest absolute Gasteiger partial charge is 0.462 e. The van der Waals surface area contributed by atoms with Crippen LogP contribution in [0.2, 0.25) is 0 Å². The van der Waals surface area contributed by atoms with E-state index in [1.54, 1.807) is 0 Å². The first-order chi connectivity index (χ1) is 36.8. The molecule has 9 nitrogen and oxygen atoms in total. The Labute approximate surface area is 463 Å². The minimum atomic E-state index is -4.40. The predicted molar refractivity (Wildman–Crippen MR) is 321 cm³/mol. The van der Waals surface area contributed by atoms with E-state index >= 15 is 0 Å². The topological polar surface area (TPSA) is 134 Å². The molecule has 0 aliphatic rings. The van der Waals surface area contributed by atoms with E-state index in [4.69, 9.17) is 24.3 Å². The average molecular weight is 1070 g/mol. The highest BCUT2D eigenvalue weighted by molar-refractivity contribution is 7.47. The van der Waals surface area contributed by atoms with Gasteiger partial charge in [-0.25, -0.2) is 4.57 Å². The van der Waals surface area contributed by atoms with Crippen molar-refractivity contribution in [2.24, 2.45) is 5.73 Å². The zero-order chi connectivity index (χ0) is 54.5. The van der Waals surface area contributed by atoms with E-state index < -0.39 is 32.5 Å². The molecule has 0 radical (unpaired) electrons. The molecule has 0 aliphatic carbocycles. The number of nitrogens with two attached hydrogens (primary N) is 1. The Morgan fingerprint density at radius 3 is 1.08 bits per heavy atom. The fourth-order valence-electron chi connectivity index (χ4n) is 9.26. The number of carbonyl (C=O) groups is 2. The highest BCUT2D eigenvalue weighted by Gasteiger charge is 2.26. The van der Waals surface area contributed by atoms with Gasteiger partial charge in [0.25, 0.3) is 0 Å². The molecule has 0 amide bonds. The van der Waals surface area contributed by atoms with E-state index in [2.05, 4.69) is 68.5 Å². The maximum Gasteiger partial charge on any atom is 0.472 e. The molecular formula is C65H120NO8P. The van der Waals surface area contributed by atoms with Crippen LogP contribution in [0.25, 0.3) is 0 Å². The Hall–Kier alpha value is -2.29. The van der Waals surface area contributed by atoms with Crippen LogP contribution < -0.4 is 5.73 Å². The fraction of sp³-hybridized carbons (Fsp3) is 0.815. The third-order valence-electron chi connectivity index (χ3n) is 13.9. The van der Waals surface area contributed by atoms with Gasteiger partial charge in [0.1, 0.15) is 6.61 Å². The molecule has 0 aromatic heterocycles. The van der Waals surface area contributed by atoms with Crippen molar-refractivity contribution >= 4 is 19.8 Å². The highest BCUT2D eigenvalue weighted by Crippen LogP contribution is 2.43. The molecule has 0 saturated carbocycles. The van der Waals surface area contributed by atoms with Gasteiger partial charge in [-0.3, -0.25) is 18.6 Å². The quantitative estimate of drug-likeness (QED) is 0.0264. The first-order valence-corrected chi connectivity index (χ1v) is 33.3. The summed E-state index contributed by atoms with van der Waals surface area (Å²) in [5.74, 6) is -0.887. The number of phosphoric ester groups is 1. The van der Waals surface area contributed by atoms with Crippen LogP contribution in [-0.2, 0) is 32.7 Å². The van der Waals surface area contributed by atoms with Gasteiger partial charge in [0.2, 0.25) is 0 Å². The molecule has 3 N–H and O–H groups in total. The average Bonchev–Trinajstić information content (AvgIpc) is 3.40. The maximum absolute atomic E-state index is 12.6. The number of ether oxygens (including phenoxy) is 2. The Morgan fingerprint density at radius 2 is 0.733 bits per heavy atom. The van der Waals surface area contributed by atoms with Crippen LogP contribution in [0.5, 0.6) is 0 Å². The number of esters is 2. The van der Waals surface area contributed by atoms with Gasteiger partial charge < -0.3 is 20.1 Å². The normalized spacial score (nSPS) is 13.4. The molecule has 0 spiro atoms. The van der Waals surface area contributed by atoms with Crippen molar-refractivity contribution in [2.45, 2.75) is 315 Å². The Bertz CT molecular complexity index is 1410. The Kier molecular flexibility index (Phi) is 59.1. The lowest BCUT2D eigenvalue weighted by molar-refractivity contribution is -0.161. The lowest BCUT2D eigenvalue weighted by atomic mass is 10.0. The van der Waals surface area contributed by atoms with E-state index in [0.29, 0.717) is 12.8 Å². The Balaban J connectivity index is 3.80. The van der Waals surface area contributed by atoms with Gasteiger partial charge in [-0.05, 0) is 51.4 Å². The van der Waals surface area contributed by atoms with E-state index in [1.165, 1.54) is 218 Å². The van der Waals surface area contributed by atoms with Crippen LogP contribution in [0.15, 0.2) is 60.8 Å². The van der Waals surface area contributed by atoms with E-state index in [1.807, 2.05) is 6.08 Å². The van der Waals surface area contributed by atoms with Crippen molar-refractivity contribution in [1.82, 2.24) is 0 Å². The minimum Gasteiger partial charge on any atom is -0.462 e. The van der Waals surface area contributed by atoms with Crippen LogP contribution >= 0.6 is 7.82 Å². The second-order valence-electron chi connectivity index (χ2n) is 21.3. The monoisotopic (exact) mass is 1070 g/mol. The number of carbonyl (C=O) groups excluding carboxylic acids is 2. The first-order valence-electron chi connectivity index (χ1n) is 31.8. The summed E-state index contributed by atoms with van der Waals surface area (Å²) in [4.78, 5) is 35.1. The molecule has 0 aromatic carbocycles. The second-order valence-corrected chi connectivity index (χ2v) is 22.7. The molecule has 0 fully saturated rings. The Morgan fingerprint density at radius 1 is 0.413 bits per heavy atom. The zero-order valence-corrected chi connectivity index (χ0v) is 49.9. The molecule has 0 saturated heterocycles. The summed E-state index contributed by atoms with van der Waals surface area (Å²) < 4.78 is 32.9. The number of unbranched alkanes of at least 4 members (excludes halogenated alkanes) is 37. The van der Waals surface area contributed by atoms with Gasteiger partial charge in [-0.2, -0.15) is 0 Å². The molecule has 0 rings (SSSR count). The van der Waals surface area contributed by atoms with Crippen molar-refractivity contribution < 1.29 is 37.6 Å². The summed E-state index contributed by atoms with van der Waals surface area (Å²) in [5.41, 5.74) is 5.37. The van der Waals surface area contributed by atoms with Crippen LogP contribution in [0, 0.1) is 0 Å². The van der Waals surface area contributed by atoms with Gasteiger partial charge in [-0.15, -0.1) is 0 Å². The number of hydrogen-bond donors (Lipinski definition) is 2. The molecule has 10 heteroatoms. The van der Waals surface area contributed by atoms with Crippen LogP contribution in [0.4, 0.5) is 0 Å². The zero-order valence-electron chi connectivity index (χ0n) is 49.0. The third kappa shape index (κ3) is 60.8. The number of rotatable bonds is 60. The van der Waals surface area contributed by atoms with Crippen LogP contribution in [0.3, 0.4) is 0 Å². The lowest BCUT2D eigenvalue weighted by Crippen LogP contribution is -2.29. The molecule has 2 unspecified atom stereocenters. The summed E-state index contributed by atoms with van der Waals surface area (Å²) in [6.45, 7) is 3.60. The van der Waals surface area contributed by atoms with Crippen molar-refractivity contribution in [3.63, 3.8) is 0 Å². The number of allylic oxidation sites excluding steroid dienone is 10. The molecule has 0 heterocycles. The fourth-order valence-corrected chi connectivity index (χ4v) is 10.0. The molecule has 438 valence electrons. The lowest BCUT2D eigenvalue weighted by Gasteiger charge is -2.19. The molecule has 0 aliphatic heterocycles. The molecule has 0 bridgehead atoms. The second kappa shape index (κ2) is 60.9. The standard InChI is InChI=1S/C65H120NO8P/c1-3-5-7-9-11-13-15-17-19-21-22-23-24-25-26-27-28-29-30-31-32-33-34-35-36-37-38-39-40-42-43-45-47-49-51-53-55-57-64(67)71-61-63(62-73-75(69,70)72-60-59-66)74-65(68)58-56-54-52-50-48-46-44-41-20-18-16-14-12-10-8-6-4-2/h6,8,12,14,18,20,44,46,50,52,63H,3-5,7,9-11,13,15-17,19,21-43,45,47-49,51,53-62,66H2,1-2H3,(H,69,70)/b8-6-,14-12-,20-18-,46-44-,52-50-. The number of phosphoric acid groups is 1. The van der Waals surface area contributed by atoms with E-state index in [9.17, 15) is 19.0 Å². The van der Waals surface area contributed by atoms with Gasteiger partial charge in [0, 0.05) is 19.4 Å². The molecule has 75 heavy (non-hydrogen) atoms. The SMILES string of the molecule is CC/C=C\C/C=C\C/C=C\C/C=C\C/C=C\CCCC(=O)OC(COC(=O)CCCCCCCCCCCCCCCCCCCCCCCCCCCCCCCCCCCCCCC)COP(=O)(O)OCCN. The van der Waals surface area contributed by atoms with Gasteiger partial charge in [0.15, 0.2) is 6.10 Å². The van der Waals surface area contributed by atoms with E-state index in [-0.39, 0.29) is 32.6 Å². The number of hydrogen-bond acceptors (Lipinski definition) is 8.